The largest absolute Gasteiger partial charge is 0.478 e. The van der Waals surface area contributed by atoms with E-state index in [9.17, 15) is 9.90 Å². The number of likely N-dealkylation sites (N-methyl/N-ethyl adjacent to an activating group) is 1. The lowest BCUT2D eigenvalue weighted by Crippen LogP contribution is -2.38. The molecule has 2 rings (SSSR count). The average molecular weight is 293 g/mol. The van der Waals surface area contributed by atoms with Crippen LogP contribution in [-0.2, 0) is 17.6 Å². The van der Waals surface area contributed by atoms with E-state index in [0.29, 0.717) is 25.3 Å². The van der Waals surface area contributed by atoms with Crippen LogP contribution in [0.4, 0.5) is 5.82 Å². The van der Waals surface area contributed by atoms with Crippen molar-refractivity contribution in [1.29, 1.82) is 0 Å². The third kappa shape index (κ3) is 2.85. The summed E-state index contributed by atoms with van der Waals surface area (Å²) in [6.07, 6.45) is 2.26. The maximum absolute atomic E-state index is 11.7. The maximum Gasteiger partial charge on any atom is 0.339 e. The quantitative estimate of drug-likeness (QED) is 0.894. The summed E-state index contributed by atoms with van der Waals surface area (Å²) in [5.41, 5.74) is 1.84. The Bertz CT molecular complexity index is 533. The second-order valence-corrected chi connectivity index (χ2v) is 5.38. The highest BCUT2D eigenvalue weighted by Gasteiger charge is 2.32. The molecule has 1 aromatic heterocycles. The van der Waals surface area contributed by atoms with Gasteiger partial charge in [-0.3, -0.25) is 0 Å². The van der Waals surface area contributed by atoms with Crippen LogP contribution >= 0.6 is 0 Å². The first-order valence-corrected chi connectivity index (χ1v) is 7.47. The number of carboxylic acid groups (broad SMARTS) is 1. The van der Waals surface area contributed by atoms with E-state index < -0.39 is 5.97 Å². The van der Waals surface area contributed by atoms with E-state index in [2.05, 4.69) is 10.2 Å². The Morgan fingerprint density at radius 2 is 2.10 bits per heavy atom. The van der Waals surface area contributed by atoms with Gasteiger partial charge < -0.3 is 14.7 Å². The van der Waals surface area contributed by atoms with Crippen molar-refractivity contribution in [3.63, 3.8) is 0 Å². The van der Waals surface area contributed by atoms with Crippen LogP contribution in [0.15, 0.2) is 0 Å². The number of hydrogen-bond donors (Lipinski definition) is 1. The van der Waals surface area contributed by atoms with E-state index in [1.54, 1.807) is 0 Å². The van der Waals surface area contributed by atoms with Gasteiger partial charge in [-0.25, -0.2) is 4.79 Å². The first kappa shape index (κ1) is 15.7. The van der Waals surface area contributed by atoms with Crippen LogP contribution in [-0.4, -0.2) is 47.1 Å². The summed E-state index contributed by atoms with van der Waals surface area (Å²) >= 11 is 0. The number of anilines is 1. The fourth-order valence-electron chi connectivity index (χ4n) is 3.02. The molecule has 1 fully saturated rings. The van der Waals surface area contributed by atoms with Gasteiger partial charge in [0.25, 0.3) is 0 Å². The molecule has 1 aliphatic rings. The van der Waals surface area contributed by atoms with Crippen molar-refractivity contribution in [3.8, 4) is 0 Å². The first-order valence-electron chi connectivity index (χ1n) is 7.47. The Morgan fingerprint density at radius 3 is 2.57 bits per heavy atom. The highest BCUT2D eigenvalue weighted by Crippen LogP contribution is 2.28. The van der Waals surface area contributed by atoms with Crippen molar-refractivity contribution in [3.05, 3.63) is 16.8 Å². The summed E-state index contributed by atoms with van der Waals surface area (Å²) in [6, 6.07) is 0.134. The van der Waals surface area contributed by atoms with Gasteiger partial charge in [-0.2, -0.15) is 5.10 Å². The second kappa shape index (κ2) is 6.39. The molecule has 1 N–H and O–H groups in total. The number of hydrogen-bond acceptors (Lipinski definition) is 5. The molecular formula is C15H23N3O3. The minimum Gasteiger partial charge on any atom is -0.478 e. The predicted molar refractivity (Wildman–Crippen MR) is 80.0 cm³/mol. The standard InChI is InChI=1S/C15H23N3O3/c1-5-10-11(6-2)16-17-14(13(10)15(19)20)18(4)12-7-8-21-9(12)3/h9,12H,5-8H2,1-4H3,(H,19,20). The normalized spacial score (nSPS) is 21.5. The third-order valence-corrected chi connectivity index (χ3v) is 4.21. The summed E-state index contributed by atoms with van der Waals surface area (Å²) in [4.78, 5) is 13.7. The molecule has 1 saturated heterocycles. The van der Waals surface area contributed by atoms with E-state index in [-0.39, 0.29) is 17.7 Å². The number of ether oxygens (including phenoxy) is 1. The topological polar surface area (TPSA) is 75.5 Å². The molecule has 2 heterocycles. The molecule has 116 valence electrons. The Hall–Kier alpha value is -1.69. The lowest BCUT2D eigenvalue weighted by Gasteiger charge is -2.29. The van der Waals surface area contributed by atoms with Gasteiger partial charge in [0.15, 0.2) is 5.82 Å². The van der Waals surface area contributed by atoms with Gasteiger partial charge in [0.1, 0.15) is 5.56 Å². The molecule has 6 nitrogen and oxygen atoms in total. The van der Waals surface area contributed by atoms with Crippen molar-refractivity contribution in [2.45, 2.75) is 52.2 Å². The Labute approximate surface area is 125 Å². The predicted octanol–water partition coefficient (Wildman–Crippen LogP) is 1.91. The van der Waals surface area contributed by atoms with Crippen molar-refractivity contribution in [2.75, 3.05) is 18.6 Å². The molecule has 0 amide bonds. The Kier molecular flexibility index (Phi) is 4.77. The minimum absolute atomic E-state index is 0.0642. The SMILES string of the molecule is CCc1nnc(N(C)C2CCOC2C)c(C(=O)O)c1CC. The third-order valence-electron chi connectivity index (χ3n) is 4.21. The van der Waals surface area contributed by atoms with Crippen LogP contribution in [0.25, 0.3) is 0 Å². The first-order chi connectivity index (χ1) is 10.0. The van der Waals surface area contributed by atoms with Crippen molar-refractivity contribution >= 4 is 11.8 Å². The van der Waals surface area contributed by atoms with Crippen molar-refractivity contribution < 1.29 is 14.6 Å². The van der Waals surface area contributed by atoms with Gasteiger partial charge in [0.05, 0.1) is 17.8 Å². The summed E-state index contributed by atoms with van der Waals surface area (Å²) in [7, 11) is 1.87. The van der Waals surface area contributed by atoms with Crippen LogP contribution in [0.2, 0.25) is 0 Å². The van der Waals surface area contributed by atoms with Crippen LogP contribution in [0.1, 0.15) is 48.8 Å². The summed E-state index contributed by atoms with van der Waals surface area (Å²) in [5.74, 6) is -0.497. The molecule has 0 saturated carbocycles. The zero-order valence-corrected chi connectivity index (χ0v) is 13.1. The molecule has 6 heteroatoms. The van der Waals surface area contributed by atoms with E-state index in [4.69, 9.17) is 4.74 Å². The zero-order valence-electron chi connectivity index (χ0n) is 13.1. The highest BCUT2D eigenvalue weighted by molar-refractivity contribution is 5.95. The summed E-state index contributed by atoms with van der Waals surface area (Å²) in [5, 5.41) is 18.1. The number of nitrogens with zero attached hydrogens (tertiary/aromatic N) is 3. The smallest absolute Gasteiger partial charge is 0.339 e. The minimum atomic E-state index is -0.940. The van der Waals surface area contributed by atoms with E-state index in [0.717, 1.165) is 17.7 Å². The monoisotopic (exact) mass is 293 g/mol. The molecular weight excluding hydrogens is 270 g/mol. The van der Waals surface area contributed by atoms with Gasteiger partial charge in [0.2, 0.25) is 0 Å². The Morgan fingerprint density at radius 1 is 1.38 bits per heavy atom. The fraction of sp³-hybridized carbons (Fsp3) is 0.667. The maximum atomic E-state index is 11.7. The van der Waals surface area contributed by atoms with E-state index in [1.165, 1.54) is 0 Å². The number of carbonyl (C=O) groups is 1. The van der Waals surface area contributed by atoms with Gasteiger partial charge in [-0.05, 0) is 31.7 Å². The average Bonchev–Trinajstić information content (AvgIpc) is 2.90. The molecule has 0 aliphatic carbocycles. The summed E-state index contributed by atoms with van der Waals surface area (Å²) in [6.45, 7) is 6.61. The van der Waals surface area contributed by atoms with Crippen molar-refractivity contribution in [2.24, 2.45) is 0 Å². The van der Waals surface area contributed by atoms with Crippen LogP contribution in [0, 0.1) is 0 Å². The molecule has 2 atom stereocenters. The molecule has 2 unspecified atom stereocenters. The number of aromatic carboxylic acids is 1. The lowest BCUT2D eigenvalue weighted by atomic mass is 10.0. The van der Waals surface area contributed by atoms with Crippen LogP contribution in [0.3, 0.4) is 0 Å². The van der Waals surface area contributed by atoms with Crippen LogP contribution in [0.5, 0.6) is 0 Å². The fourth-order valence-corrected chi connectivity index (χ4v) is 3.02. The number of aryl methyl sites for hydroxylation is 1. The molecule has 0 aromatic carbocycles. The van der Waals surface area contributed by atoms with Gasteiger partial charge in [-0.1, -0.05) is 13.8 Å². The lowest BCUT2D eigenvalue weighted by molar-refractivity contribution is 0.0695. The van der Waals surface area contributed by atoms with Gasteiger partial charge in [0, 0.05) is 13.7 Å². The van der Waals surface area contributed by atoms with Crippen LogP contribution < -0.4 is 4.90 Å². The molecule has 1 aliphatic heterocycles. The molecule has 0 radical (unpaired) electrons. The Balaban J connectivity index is 2.50. The number of carboxylic acids is 1. The van der Waals surface area contributed by atoms with Gasteiger partial charge >= 0.3 is 5.97 Å². The second-order valence-electron chi connectivity index (χ2n) is 5.38. The number of aromatic nitrogens is 2. The molecule has 1 aromatic rings. The molecule has 0 bridgehead atoms. The zero-order chi connectivity index (χ0) is 15.6. The number of rotatable bonds is 5. The van der Waals surface area contributed by atoms with E-state index >= 15 is 0 Å². The highest BCUT2D eigenvalue weighted by atomic mass is 16.5. The van der Waals surface area contributed by atoms with E-state index in [1.807, 2.05) is 32.7 Å². The molecule has 21 heavy (non-hydrogen) atoms. The molecule has 0 spiro atoms. The van der Waals surface area contributed by atoms with Crippen molar-refractivity contribution in [1.82, 2.24) is 10.2 Å². The summed E-state index contributed by atoms with van der Waals surface area (Å²) < 4.78 is 5.57. The van der Waals surface area contributed by atoms with Gasteiger partial charge in [-0.15, -0.1) is 5.10 Å².